The Morgan fingerprint density at radius 2 is 2.24 bits per heavy atom. The molecule has 21 heavy (non-hydrogen) atoms. The molecule has 1 amide bonds. The van der Waals surface area contributed by atoms with Crippen LogP contribution in [0.2, 0.25) is 5.15 Å². The minimum Gasteiger partial charge on any atom is -0.444 e. The number of carbonyl (C=O) groups excluding carboxylic acids is 1. The smallest absolute Gasteiger partial charge is 0.410 e. The molecule has 0 radical (unpaired) electrons. The van der Waals surface area contributed by atoms with Crippen LogP contribution in [-0.2, 0) is 4.74 Å². The molecule has 5 nitrogen and oxygen atoms in total. The van der Waals surface area contributed by atoms with Gasteiger partial charge in [-0.3, -0.25) is 0 Å². The molecule has 0 aromatic carbocycles. The molecule has 0 aliphatic carbocycles. The number of rotatable bonds is 2. The minimum absolute atomic E-state index is 0.203. The second-order valence-corrected chi connectivity index (χ2v) is 6.67. The summed E-state index contributed by atoms with van der Waals surface area (Å²) < 4.78 is 5.42. The number of piperidine rings is 1. The Balaban J connectivity index is 1.91. The fourth-order valence-corrected chi connectivity index (χ4v) is 2.40. The first-order valence-corrected chi connectivity index (χ1v) is 7.57. The van der Waals surface area contributed by atoms with Crippen LogP contribution in [-0.4, -0.2) is 40.7 Å². The molecule has 2 heterocycles. The van der Waals surface area contributed by atoms with E-state index in [1.807, 2.05) is 26.8 Å². The Morgan fingerprint density at radius 3 is 2.86 bits per heavy atom. The van der Waals surface area contributed by atoms with Gasteiger partial charge in [-0.15, -0.1) is 0 Å². The number of pyridine rings is 1. The first-order valence-electron chi connectivity index (χ1n) is 7.19. The van der Waals surface area contributed by atoms with Gasteiger partial charge in [0, 0.05) is 19.1 Å². The number of halogens is 1. The Kier molecular flexibility index (Phi) is 4.93. The highest BCUT2D eigenvalue weighted by atomic mass is 35.5. The molecular weight excluding hydrogens is 290 g/mol. The lowest BCUT2D eigenvalue weighted by atomic mass is 10.1. The Hall–Kier alpha value is -1.49. The molecule has 0 bridgehead atoms. The Labute approximate surface area is 130 Å². The SMILES string of the molecule is CC(C)(C)OC(=O)N1CCCC(Nc2ccc(Cl)nc2)C1. The lowest BCUT2D eigenvalue weighted by Gasteiger charge is -2.34. The van der Waals surface area contributed by atoms with E-state index in [0.29, 0.717) is 11.7 Å². The fraction of sp³-hybridized carbons (Fsp3) is 0.600. The van der Waals surface area contributed by atoms with E-state index >= 15 is 0 Å². The van der Waals surface area contributed by atoms with E-state index in [4.69, 9.17) is 16.3 Å². The van der Waals surface area contributed by atoms with Crippen LogP contribution in [0.5, 0.6) is 0 Å². The van der Waals surface area contributed by atoms with Crippen LogP contribution in [0.15, 0.2) is 18.3 Å². The third-order valence-electron chi connectivity index (χ3n) is 3.17. The van der Waals surface area contributed by atoms with Gasteiger partial charge in [-0.05, 0) is 45.7 Å². The number of nitrogens with one attached hydrogen (secondary N) is 1. The molecular formula is C15H22ClN3O2. The fourth-order valence-electron chi connectivity index (χ4n) is 2.28. The van der Waals surface area contributed by atoms with Crippen LogP contribution < -0.4 is 5.32 Å². The van der Waals surface area contributed by atoms with Crippen molar-refractivity contribution in [1.82, 2.24) is 9.88 Å². The van der Waals surface area contributed by atoms with Gasteiger partial charge in [0.15, 0.2) is 0 Å². The number of ether oxygens (including phenoxy) is 1. The van der Waals surface area contributed by atoms with Crippen molar-refractivity contribution in [3.8, 4) is 0 Å². The van der Waals surface area contributed by atoms with Crippen molar-refractivity contribution in [3.05, 3.63) is 23.5 Å². The Bertz CT molecular complexity index is 485. The number of nitrogens with zero attached hydrogens (tertiary/aromatic N) is 2. The van der Waals surface area contributed by atoms with E-state index in [0.717, 1.165) is 25.1 Å². The summed E-state index contributed by atoms with van der Waals surface area (Å²) in [7, 11) is 0. The van der Waals surface area contributed by atoms with Crippen molar-refractivity contribution in [3.63, 3.8) is 0 Å². The summed E-state index contributed by atoms with van der Waals surface area (Å²) in [5.74, 6) is 0. The van der Waals surface area contributed by atoms with E-state index in [2.05, 4.69) is 10.3 Å². The maximum absolute atomic E-state index is 12.1. The van der Waals surface area contributed by atoms with E-state index < -0.39 is 5.60 Å². The minimum atomic E-state index is -0.461. The molecule has 1 unspecified atom stereocenters. The van der Waals surface area contributed by atoms with Crippen molar-refractivity contribution in [1.29, 1.82) is 0 Å². The average molecular weight is 312 g/mol. The largest absolute Gasteiger partial charge is 0.444 e. The highest BCUT2D eigenvalue weighted by Crippen LogP contribution is 2.19. The molecule has 1 atom stereocenters. The van der Waals surface area contributed by atoms with Gasteiger partial charge in [-0.1, -0.05) is 11.6 Å². The lowest BCUT2D eigenvalue weighted by Crippen LogP contribution is -2.46. The van der Waals surface area contributed by atoms with Gasteiger partial charge in [0.25, 0.3) is 0 Å². The second-order valence-electron chi connectivity index (χ2n) is 6.28. The van der Waals surface area contributed by atoms with Gasteiger partial charge in [-0.2, -0.15) is 0 Å². The van der Waals surface area contributed by atoms with Crippen LogP contribution in [0.3, 0.4) is 0 Å². The lowest BCUT2D eigenvalue weighted by molar-refractivity contribution is 0.0206. The van der Waals surface area contributed by atoms with Gasteiger partial charge in [0.2, 0.25) is 0 Å². The second kappa shape index (κ2) is 6.52. The molecule has 1 N–H and O–H groups in total. The van der Waals surface area contributed by atoms with Gasteiger partial charge < -0.3 is 15.0 Å². The maximum atomic E-state index is 12.1. The van der Waals surface area contributed by atoms with Crippen LogP contribution in [0, 0.1) is 0 Å². The first kappa shape index (κ1) is 15.9. The highest BCUT2D eigenvalue weighted by Gasteiger charge is 2.27. The standard InChI is InChI=1S/C15H22ClN3O2/c1-15(2,3)21-14(20)19-8-4-5-12(10-19)18-11-6-7-13(16)17-9-11/h6-7,9,12,18H,4-5,8,10H2,1-3H3. The summed E-state index contributed by atoms with van der Waals surface area (Å²) in [5.41, 5.74) is 0.452. The van der Waals surface area contributed by atoms with Crippen LogP contribution in [0.4, 0.5) is 10.5 Å². The summed E-state index contributed by atoms with van der Waals surface area (Å²) >= 11 is 5.77. The van der Waals surface area contributed by atoms with Crippen molar-refractivity contribution in [2.75, 3.05) is 18.4 Å². The number of amides is 1. The summed E-state index contributed by atoms with van der Waals surface area (Å²) in [6.07, 6.45) is 3.43. The van der Waals surface area contributed by atoms with Crippen molar-refractivity contribution in [2.24, 2.45) is 0 Å². The molecule has 1 saturated heterocycles. The summed E-state index contributed by atoms with van der Waals surface area (Å²) in [6, 6.07) is 3.84. The number of carbonyl (C=O) groups is 1. The van der Waals surface area contributed by atoms with E-state index in [-0.39, 0.29) is 12.1 Å². The third kappa shape index (κ3) is 5.08. The summed E-state index contributed by atoms with van der Waals surface area (Å²) in [6.45, 7) is 7.02. The van der Waals surface area contributed by atoms with Gasteiger partial charge >= 0.3 is 6.09 Å². The number of likely N-dealkylation sites (tertiary alicyclic amines) is 1. The predicted molar refractivity (Wildman–Crippen MR) is 83.7 cm³/mol. The highest BCUT2D eigenvalue weighted by molar-refractivity contribution is 6.29. The van der Waals surface area contributed by atoms with E-state index in [1.54, 1.807) is 17.2 Å². The molecule has 6 heteroatoms. The zero-order valence-electron chi connectivity index (χ0n) is 12.7. The maximum Gasteiger partial charge on any atom is 0.410 e. The van der Waals surface area contributed by atoms with Gasteiger partial charge in [0.1, 0.15) is 10.8 Å². The van der Waals surface area contributed by atoms with E-state index in [9.17, 15) is 4.79 Å². The summed E-state index contributed by atoms with van der Waals surface area (Å²) in [4.78, 5) is 17.9. The molecule has 1 aliphatic heterocycles. The first-order chi connectivity index (χ1) is 9.83. The molecule has 1 fully saturated rings. The molecule has 116 valence electrons. The van der Waals surface area contributed by atoms with Crippen LogP contribution in [0.25, 0.3) is 0 Å². The third-order valence-corrected chi connectivity index (χ3v) is 3.39. The van der Waals surface area contributed by atoms with Crippen molar-refractivity contribution < 1.29 is 9.53 Å². The van der Waals surface area contributed by atoms with E-state index in [1.165, 1.54) is 0 Å². The molecule has 2 rings (SSSR count). The van der Waals surface area contributed by atoms with Crippen LogP contribution >= 0.6 is 11.6 Å². The van der Waals surface area contributed by atoms with Crippen LogP contribution in [0.1, 0.15) is 33.6 Å². The van der Waals surface area contributed by atoms with Gasteiger partial charge in [-0.25, -0.2) is 9.78 Å². The molecule has 1 aromatic heterocycles. The number of hydrogen-bond acceptors (Lipinski definition) is 4. The molecule has 0 spiro atoms. The van der Waals surface area contributed by atoms with Crippen molar-refractivity contribution in [2.45, 2.75) is 45.3 Å². The predicted octanol–water partition coefficient (Wildman–Crippen LogP) is 3.55. The zero-order valence-corrected chi connectivity index (χ0v) is 13.5. The number of hydrogen-bond donors (Lipinski definition) is 1. The number of aromatic nitrogens is 1. The Morgan fingerprint density at radius 1 is 1.48 bits per heavy atom. The molecule has 0 saturated carbocycles. The topological polar surface area (TPSA) is 54.5 Å². The molecule has 1 aromatic rings. The normalized spacial score (nSPS) is 19.2. The van der Waals surface area contributed by atoms with Gasteiger partial charge in [0.05, 0.1) is 11.9 Å². The summed E-state index contributed by atoms with van der Waals surface area (Å²) in [5, 5.41) is 3.86. The average Bonchev–Trinajstić information content (AvgIpc) is 2.40. The zero-order chi connectivity index (χ0) is 15.5. The van der Waals surface area contributed by atoms with Crippen molar-refractivity contribution >= 4 is 23.4 Å². The monoisotopic (exact) mass is 311 g/mol. The number of anilines is 1. The quantitative estimate of drug-likeness (QED) is 0.849. The molecule has 1 aliphatic rings.